The molecule has 12 heteroatoms. The van der Waals surface area contributed by atoms with Crippen molar-refractivity contribution in [3.63, 3.8) is 0 Å². The molecule has 28 heavy (non-hydrogen) atoms. The smallest absolute Gasteiger partial charge is 0.267 e. The van der Waals surface area contributed by atoms with Crippen LogP contribution in [0.3, 0.4) is 0 Å². The minimum Gasteiger partial charge on any atom is -0.267 e. The number of carbonyl (C=O) groups is 2. The number of hydrazine groups is 1. The summed E-state index contributed by atoms with van der Waals surface area (Å²) in [5.41, 5.74) is -3.50. The molecule has 0 saturated carbocycles. The largest absolute Gasteiger partial charge is 0.417 e. The first kappa shape index (κ1) is 22.4. The lowest BCUT2D eigenvalue weighted by Crippen LogP contribution is -2.42. The van der Waals surface area contributed by atoms with Crippen LogP contribution in [0.15, 0.2) is 45.3 Å². The Morgan fingerprint density at radius 3 is 1.36 bits per heavy atom. The first-order valence-electron chi connectivity index (χ1n) is 7.10. The molecule has 0 fully saturated rings. The van der Waals surface area contributed by atoms with Crippen molar-refractivity contribution in [2.45, 2.75) is 12.4 Å². The van der Waals surface area contributed by atoms with Gasteiger partial charge in [0.15, 0.2) is 0 Å². The van der Waals surface area contributed by atoms with Gasteiger partial charge in [0.25, 0.3) is 11.8 Å². The number of hydrogen-bond donors (Lipinski definition) is 1. The standard InChI is InChI=1S/C16H8Br2F6N2O2/c17-11-3-1-7(5-9(11)15(19,20)21)13(27)26(25)14(28)8-2-4-12(18)10(6-8)16(22,23)24/h1-6H,25H2. The van der Waals surface area contributed by atoms with Crippen molar-refractivity contribution >= 4 is 43.7 Å². The van der Waals surface area contributed by atoms with Crippen LogP contribution in [0, 0.1) is 0 Å². The average molecular weight is 534 g/mol. The molecule has 0 unspecified atom stereocenters. The number of benzene rings is 2. The second kappa shape index (κ2) is 7.84. The maximum Gasteiger partial charge on any atom is 0.417 e. The second-order valence-electron chi connectivity index (χ2n) is 5.37. The first-order valence-corrected chi connectivity index (χ1v) is 8.69. The number of rotatable bonds is 2. The summed E-state index contributed by atoms with van der Waals surface area (Å²) < 4.78 is 77.0. The summed E-state index contributed by atoms with van der Waals surface area (Å²) in [6, 6.07) is 4.80. The van der Waals surface area contributed by atoms with Crippen LogP contribution in [-0.4, -0.2) is 16.8 Å². The molecule has 0 atom stereocenters. The number of nitrogens with two attached hydrogens (primary N) is 1. The predicted molar refractivity (Wildman–Crippen MR) is 93.0 cm³/mol. The molecule has 0 saturated heterocycles. The van der Waals surface area contributed by atoms with Crippen LogP contribution in [0.2, 0.25) is 0 Å². The lowest BCUT2D eigenvalue weighted by Gasteiger charge is -2.17. The minimum atomic E-state index is -4.79. The number of hydrogen-bond acceptors (Lipinski definition) is 3. The number of amides is 2. The molecule has 2 amide bonds. The fourth-order valence-electron chi connectivity index (χ4n) is 2.12. The molecule has 0 bridgehead atoms. The van der Waals surface area contributed by atoms with Crippen LogP contribution in [-0.2, 0) is 12.4 Å². The molecular formula is C16H8Br2F6N2O2. The van der Waals surface area contributed by atoms with E-state index < -0.39 is 46.4 Å². The minimum absolute atomic E-state index is 0.0488. The molecule has 0 aliphatic heterocycles. The van der Waals surface area contributed by atoms with Crippen LogP contribution in [0.4, 0.5) is 26.3 Å². The van der Waals surface area contributed by atoms with Crippen LogP contribution in [0.25, 0.3) is 0 Å². The van der Waals surface area contributed by atoms with Gasteiger partial charge in [0, 0.05) is 20.1 Å². The molecule has 2 N–H and O–H groups in total. The summed E-state index contributed by atoms with van der Waals surface area (Å²) in [6.45, 7) is 0. The lowest BCUT2D eigenvalue weighted by molar-refractivity contribution is -0.139. The molecule has 2 rings (SSSR count). The van der Waals surface area contributed by atoms with E-state index in [0.717, 1.165) is 24.3 Å². The van der Waals surface area contributed by atoms with Crippen molar-refractivity contribution in [1.29, 1.82) is 0 Å². The highest BCUT2D eigenvalue weighted by molar-refractivity contribution is 9.10. The van der Waals surface area contributed by atoms with E-state index >= 15 is 0 Å². The van der Waals surface area contributed by atoms with Crippen LogP contribution in [0.1, 0.15) is 31.8 Å². The monoisotopic (exact) mass is 532 g/mol. The summed E-state index contributed by atoms with van der Waals surface area (Å²) in [4.78, 5) is 24.5. The van der Waals surface area contributed by atoms with E-state index in [1.54, 1.807) is 0 Å². The van der Waals surface area contributed by atoms with Gasteiger partial charge in [-0.15, -0.1) is 0 Å². The lowest BCUT2D eigenvalue weighted by atomic mass is 10.1. The Hall–Kier alpha value is -1.92. The highest BCUT2D eigenvalue weighted by Crippen LogP contribution is 2.36. The third kappa shape index (κ3) is 4.73. The van der Waals surface area contributed by atoms with Crippen molar-refractivity contribution in [3.8, 4) is 0 Å². The summed E-state index contributed by atoms with van der Waals surface area (Å²) >= 11 is 5.39. The molecule has 0 aromatic heterocycles. The quantitative estimate of drug-likeness (QED) is 0.185. The molecule has 0 spiro atoms. The molecule has 0 heterocycles. The number of nitrogens with zero attached hydrogens (tertiary/aromatic N) is 1. The van der Waals surface area contributed by atoms with E-state index in [2.05, 4.69) is 31.9 Å². The molecular weight excluding hydrogens is 526 g/mol. The Morgan fingerprint density at radius 2 is 1.07 bits per heavy atom. The SMILES string of the molecule is NN(C(=O)c1ccc(Br)c(C(F)(F)F)c1)C(=O)c1ccc(Br)c(C(F)(F)F)c1. The number of halogens is 8. The first-order chi connectivity index (χ1) is 12.7. The predicted octanol–water partition coefficient (Wildman–Crippen LogP) is 5.41. The molecule has 0 aliphatic carbocycles. The highest BCUT2D eigenvalue weighted by Gasteiger charge is 2.36. The van der Waals surface area contributed by atoms with Gasteiger partial charge in [-0.05, 0) is 36.4 Å². The number of imide groups is 1. The van der Waals surface area contributed by atoms with E-state index in [0.29, 0.717) is 12.1 Å². The normalized spacial score (nSPS) is 12.0. The molecule has 0 aliphatic rings. The maximum absolute atomic E-state index is 12.9. The van der Waals surface area contributed by atoms with Crippen molar-refractivity contribution < 1.29 is 35.9 Å². The van der Waals surface area contributed by atoms with Gasteiger partial charge in [-0.25, -0.2) is 10.9 Å². The Kier molecular flexibility index (Phi) is 6.26. The Labute approximate surface area is 170 Å². The number of alkyl halides is 6. The van der Waals surface area contributed by atoms with Gasteiger partial charge in [-0.3, -0.25) is 9.59 Å². The summed E-state index contributed by atoms with van der Waals surface area (Å²) in [5, 5.41) is -0.0488. The van der Waals surface area contributed by atoms with Crippen molar-refractivity contribution in [2.75, 3.05) is 0 Å². The van der Waals surface area contributed by atoms with Gasteiger partial charge in [-0.1, -0.05) is 31.9 Å². The summed E-state index contributed by atoms with van der Waals surface area (Å²) in [5.74, 6) is 2.73. The van der Waals surface area contributed by atoms with Crippen molar-refractivity contribution in [1.82, 2.24) is 5.01 Å². The summed E-state index contributed by atoms with van der Waals surface area (Å²) in [7, 11) is 0. The van der Waals surface area contributed by atoms with Gasteiger partial charge in [0.1, 0.15) is 0 Å². The van der Waals surface area contributed by atoms with E-state index in [1.165, 1.54) is 0 Å². The summed E-state index contributed by atoms with van der Waals surface area (Å²) in [6.07, 6.45) is -9.57. The average Bonchev–Trinajstić information content (AvgIpc) is 2.58. The Balaban J connectivity index is 2.38. The molecule has 2 aromatic carbocycles. The topological polar surface area (TPSA) is 63.4 Å². The zero-order valence-electron chi connectivity index (χ0n) is 13.3. The van der Waals surface area contributed by atoms with E-state index in [4.69, 9.17) is 5.84 Å². The Morgan fingerprint density at radius 1 is 0.750 bits per heavy atom. The van der Waals surface area contributed by atoms with Crippen molar-refractivity contribution in [3.05, 3.63) is 67.6 Å². The zero-order chi connectivity index (χ0) is 21.4. The van der Waals surface area contributed by atoms with Gasteiger partial charge >= 0.3 is 12.4 Å². The zero-order valence-corrected chi connectivity index (χ0v) is 16.5. The highest BCUT2D eigenvalue weighted by atomic mass is 79.9. The molecule has 0 radical (unpaired) electrons. The van der Waals surface area contributed by atoms with E-state index in [-0.39, 0.29) is 14.0 Å². The fourth-order valence-corrected chi connectivity index (χ4v) is 3.06. The van der Waals surface area contributed by atoms with Gasteiger partial charge in [0.05, 0.1) is 11.1 Å². The number of carbonyl (C=O) groups excluding carboxylic acids is 2. The van der Waals surface area contributed by atoms with Crippen LogP contribution < -0.4 is 5.84 Å². The van der Waals surface area contributed by atoms with Crippen molar-refractivity contribution in [2.24, 2.45) is 5.84 Å². The maximum atomic E-state index is 12.9. The van der Waals surface area contributed by atoms with Crippen LogP contribution in [0.5, 0.6) is 0 Å². The third-order valence-electron chi connectivity index (χ3n) is 3.48. The van der Waals surface area contributed by atoms with Gasteiger partial charge in [0.2, 0.25) is 0 Å². The Bertz CT molecular complexity index is 868. The van der Waals surface area contributed by atoms with Crippen LogP contribution >= 0.6 is 31.9 Å². The van der Waals surface area contributed by atoms with Gasteiger partial charge in [-0.2, -0.15) is 26.3 Å². The van der Waals surface area contributed by atoms with E-state index in [9.17, 15) is 35.9 Å². The second-order valence-corrected chi connectivity index (χ2v) is 7.07. The fraction of sp³-hybridized carbons (Fsp3) is 0.125. The van der Waals surface area contributed by atoms with E-state index in [1.807, 2.05) is 0 Å². The molecule has 4 nitrogen and oxygen atoms in total. The van der Waals surface area contributed by atoms with Gasteiger partial charge < -0.3 is 0 Å². The molecule has 2 aromatic rings. The third-order valence-corrected chi connectivity index (χ3v) is 4.86. The molecule has 150 valence electrons.